The van der Waals surface area contributed by atoms with Crippen molar-refractivity contribution in [2.75, 3.05) is 18.1 Å². The molecule has 0 amide bonds. The number of imidazole rings is 1. The highest BCUT2D eigenvalue weighted by atomic mass is 35.5. The first kappa shape index (κ1) is 21.6. The van der Waals surface area contributed by atoms with E-state index in [1.807, 2.05) is 0 Å². The van der Waals surface area contributed by atoms with E-state index in [4.69, 9.17) is 16.3 Å². The van der Waals surface area contributed by atoms with Gasteiger partial charge in [-0.3, -0.25) is 0 Å². The minimum absolute atomic E-state index is 0.0123. The van der Waals surface area contributed by atoms with Crippen molar-refractivity contribution in [3.63, 3.8) is 0 Å². The second kappa shape index (κ2) is 8.70. The third kappa shape index (κ3) is 5.69. The summed E-state index contributed by atoms with van der Waals surface area (Å²) in [7, 11) is -6.86. The Balaban J connectivity index is 1.61. The number of pyridine rings is 1. The number of nitrogens with zero attached hydrogens (tertiary/aromatic N) is 2. The van der Waals surface area contributed by atoms with Crippen molar-refractivity contribution >= 4 is 37.1 Å². The van der Waals surface area contributed by atoms with Crippen molar-refractivity contribution in [3.05, 3.63) is 59.5 Å². The van der Waals surface area contributed by atoms with Crippen molar-refractivity contribution in [1.29, 1.82) is 0 Å². The molecule has 1 N–H and O–H groups in total. The van der Waals surface area contributed by atoms with Gasteiger partial charge in [0.25, 0.3) is 0 Å². The quantitative estimate of drug-likeness (QED) is 0.528. The highest BCUT2D eigenvalue weighted by molar-refractivity contribution is 7.91. The van der Waals surface area contributed by atoms with Gasteiger partial charge in [0.05, 0.1) is 27.9 Å². The van der Waals surface area contributed by atoms with Crippen LogP contribution in [0.5, 0.6) is 5.75 Å². The van der Waals surface area contributed by atoms with Crippen LogP contribution in [0.1, 0.15) is 12.6 Å². The lowest BCUT2D eigenvalue weighted by Gasteiger charge is -2.08. The number of benzene rings is 1. The Morgan fingerprint density at radius 2 is 1.79 bits per heavy atom. The van der Waals surface area contributed by atoms with Crippen LogP contribution in [0.4, 0.5) is 0 Å². The van der Waals surface area contributed by atoms with Gasteiger partial charge in [-0.2, -0.15) is 0 Å². The molecule has 0 atom stereocenters. The predicted octanol–water partition coefficient (Wildman–Crippen LogP) is 2.28. The second-order valence-electron chi connectivity index (χ2n) is 6.23. The molecule has 0 unspecified atom stereocenters. The lowest BCUT2D eigenvalue weighted by molar-refractivity contribution is 0.340. The minimum atomic E-state index is -3.75. The summed E-state index contributed by atoms with van der Waals surface area (Å²) in [4.78, 5) is 4.40. The van der Waals surface area contributed by atoms with Crippen LogP contribution in [-0.4, -0.2) is 44.3 Å². The monoisotopic (exact) mass is 457 g/mol. The number of sulfonamides is 1. The number of ether oxygens (including phenoxy) is 1. The van der Waals surface area contributed by atoms with E-state index in [-0.39, 0.29) is 29.6 Å². The third-order valence-corrected chi connectivity index (χ3v) is 7.45. The Morgan fingerprint density at radius 3 is 2.48 bits per heavy atom. The fourth-order valence-corrected chi connectivity index (χ4v) is 4.29. The molecule has 8 nitrogen and oxygen atoms in total. The van der Waals surface area contributed by atoms with Crippen LogP contribution in [0.15, 0.2) is 53.7 Å². The summed E-state index contributed by atoms with van der Waals surface area (Å²) >= 11 is 5.93. The Kier molecular flexibility index (Phi) is 6.47. The molecule has 0 saturated heterocycles. The maximum absolute atomic E-state index is 12.5. The Labute approximate surface area is 174 Å². The van der Waals surface area contributed by atoms with Gasteiger partial charge < -0.3 is 9.14 Å². The highest BCUT2D eigenvalue weighted by Crippen LogP contribution is 2.17. The molecule has 2 heterocycles. The van der Waals surface area contributed by atoms with Crippen LogP contribution in [0.25, 0.3) is 5.65 Å². The molecule has 0 aliphatic rings. The lowest BCUT2D eigenvalue weighted by Crippen LogP contribution is -2.23. The van der Waals surface area contributed by atoms with Gasteiger partial charge in [0.1, 0.15) is 18.0 Å². The van der Waals surface area contributed by atoms with Gasteiger partial charge in [0.2, 0.25) is 10.0 Å². The van der Waals surface area contributed by atoms with Gasteiger partial charge in [-0.1, -0.05) is 18.5 Å². The molecular weight excluding hydrogens is 438 g/mol. The molecule has 0 aliphatic carbocycles. The van der Waals surface area contributed by atoms with Gasteiger partial charge in [-0.05, 0) is 36.4 Å². The molecule has 0 bridgehead atoms. The molecule has 156 valence electrons. The SMILES string of the molecule is CCS(=O)(=O)CCOc1ccc(S(=O)(=O)NCc2cn3cc(Cl)ccc3n2)cc1. The fourth-order valence-electron chi connectivity index (χ4n) is 2.50. The van der Waals surface area contributed by atoms with E-state index in [1.165, 1.54) is 24.3 Å². The van der Waals surface area contributed by atoms with Crippen molar-refractivity contribution in [2.45, 2.75) is 18.4 Å². The first-order chi connectivity index (χ1) is 13.7. The minimum Gasteiger partial charge on any atom is -0.493 e. The van der Waals surface area contributed by atoms with Crippen LogP contribution in [0, 0.1) is 0 Å². The van der Waals surface area contributed by atoms with E-state index in [2.05, 4.69) is 9.71 Å². The van der Waals surface area contributed by atoms with Crippen molar-refractivity contribution in [1.82, 2.24) is 14.1 Å². The molecule has 0 radical (unpaired) electrons. The smallest absolute Gasteiger partial charge is 0.240 e. The number of nitrogens with one attached hydrogen (secondary N) is 1. The third-order valence-electron chi connectivity index (χ3n) is 4.15. The molecule has 1 aromatic carbocycles. The second-order valence-corrected chi connectivity index (χ2v) is 10.9. The van der Waals surface area contributed by atoms with Crippen LogP contribution >= 0.6 is 11.6 Å². The summed E-state index contributed by atoms with van der Waals surface area (Å²) in [6.45, 7) is 1.61. The zero-order valence-electron chi connectivity index (χ0n) is 15.6. The van der Waals surface area contributed by atoms with Gasteiger partial charge in [0, 0.05) is 18.1 Å². The summed E-state index contributed by atoms with van der Waals surface area (Å²) in [5, 5.41) is 0.552. The van der Waals surface area contributed by atoms with Crippen LogP contribution < -0.4 is 9.46 Å². The maximum Gasteiger partial charge on any atom is 0.240 e. The fraction of sp³-hybridized carbons (Fsp3) is 0.278. The number of hydrogen-bond donors (Lipinski definition) is 1. The zero-order chi connectivity index (χ0) is 21.1. The van der Waals surface area contributed by atoms with Gasteiger partial charge in [0.15, 0.2) is 9.84 Å². The molecule has 0 spiro atoms. The average Bonchev–Trinajstić information content (AvgIpc) is 3.09. The predicted molar refractivity (Wildman–Crippen MR) is 110 cm³/mol. The van der Waals surface area contributed by atoms with Gasteiger partial charge >= 0.3 is 0 Å². The first-order valence-electron chi connectivity index (χ1n) is 8.74. The highest BCUT2D eigenvalue weighted by Gasteiger charge is 2.15. The van der Waals surface area contributed by atoms with Gasteiger partial charge in [-0.15, -0.1) is 0 Å². The molecular formula is C18H20ClN3O5S2. The summed E-state index contributed by atoms with van der Waals surface area (Å²) in [5.41, 5.74) is 1.21. The number of aromatic nitrogens is 2. The van der Waals surface area contributed by atoms with E-state index >= 15 is 0 Å². The molecule has 0 aliphatic heterocycles. The van der Waals surface area contributed by atoms with E-state index in [1.54, 1.807) is 35.9 Å². The van der Waals surface area contributed by atoms with Gasteiger partial charge in [-0.25, -0.2) is 26.5 Å². The Morgan fingerprint density at radius 1 is 1.07 bits per heavy atom. The molecule has 11 heteroatoms. The summed E-state index contributed by atoms with van der Waals surface area (Å²) < 4.78 is 57.5. The zero-order valence-corrected chi connectivity index (χ0v) is 18.0. The van der Waals surface area contributed by atoms with Crippen molar-refractivity contribution in [2.24, 2.45) is 0 Å². The number of hydrogen-bond acceptors (Lipinski definition) is 6. The van der Waals surface area contributed by atoms with E-state index in [0.717, 1.165) is 0 Å². The standard InChI is InChI=1S/C18H20ClN3O5S2/c1-2-28(23,24)10-9-27-16-4-6-17(7-5-16)29(25,26)20-11-15-13-22-12-14(19)3-8-18(22)21-15/h3-8,12-13,20H,2,9-11H2,1H3. The van der Waals surface area contributed by atoms with Crippen molar-refractivity contribution < 1.29 is 21.6 Å². The van der Waals surface area contributed by atoms with Crippen LogP contribution in [-0.2, 0) is 26.4 Å². The molecule has 0 saturated carbocycles. The normalized spacial score (nSPS) is 12.3. The number of rotatable bonds is 9. The number of halogens is 1. The summed E-state index contributed by atoms with van der Waals surface area (Å²) in [6, 6.07) is 9.22. The van der Waals surface area contributed by atoms with E-state index in [0.29, 0.717) is 22.1 Å². The molecule has 3 aromatic rings. The molecule has 3 rings (SSSR count). The summed E-state index contributed by atoms with van der Waals surface area (Å²) in [6.07, 6.45) is 3.39. The topological polar surface area (TPSA) is 107 Å². The molecule has 0 fully saturated rings. The number of fused-ring (bicyclic) bond motifs is 1. The number of sulfone groups is 1. The van der Waals surface area contributed by atoms with E-state index in [9.17, 15) is 16.8 Å². The molecule has 29 heavy (non-hydrogen) atoms. The Bertz CT molecular complexity index is 1210. The Hall–Kier alpha value is -2.14. The largest absolute Gasteiger partial charge is 0.493 e. The van der Waals surface area contributed by atoms with E-state index < -0.39 is 19.9 Å². The van der Waals surface area contributed by atoms with Crippen molar-refractivity contribution in [3.8, 4) is 5.75 Å². The summed E-state index contributed by atoms with van der Waals surface area (Å²) in [5.74, 6) is 0.362. The van der Waals surface area contributed by atoms with Crippen LogP contribution in [0.3, 0.4) is 0 Å². The lowest BCUT2D eigenvalue weighted by atomic mass is 10.3. The maximum atomic E-state index is 12.5. The molecule has 2 aromatic heterocycles. The first-order valence-corrected chi connectivity index (χ1v) is 12.4. The van der Waals surface area contributed by atoms with Crippen LogP contribution in [0.2, 0.25) is 5.02 Å². The average molecular weight is 458 g/mol.